The molecule has 1 amide bonds. The highest BCUT2D eigenvalue weighted by Crippen LogP contribution is 2.19. The third-order valence-corrected chi connectivity index (χ3v) is 4.33. The number of carbonyl (C=O) groups is 1. The minimum Gasteiger partial charge on any atom is -0.337 e. The number of carbonyl (C=O) groups excluding carboxylic acids is 1. The Bertz CT molecular complexity index is 727. The second-order valence-corrected chi connectivity index (χ2v) is 6.71. The molecule has 0 aliphatic carbocycles. The number of aromatic nitrogens is 2. The molecular formula is C19H24N4O. The van der Waals surface area contributed by atoms with Crippen LogP contribution < -0.4 is 5.32 Å². The first kappa shape index (κ1) is 16.4. The molecule has 2 heterocycles. The van der Waals surface area contributed by atoms with Gasteiger partial charge >= 0.3 is 0 Å². The minimum atomic E-state index is -0.000920. The molecule has 3 rings (SSSR count). The lowest BCUT2D eigenvalue weighted by atomic mass is 10.00. The van der Waals surface area contributed by atoms with E-state index in [0.717, 1.165) is 30.9 Å². The Morgan fingerprint density at radius 1 is 1.21 bits per heavy atom. The van der Waals surface area contributed by atoms with E-state index in [1.165, 1.54) is 12.0 Å². The number of rotatable bonds is 3. The number of piperidine rings is 1. The topological polar surface area (TPSA) is 58.1 Å². The van der Waals surface area contributed by atoms with E-state index in [2.05, 4.69) is 22.2 Å². The van der Waals surface area contributed by atoms with Crippen LogP contribution in [0, 0.1) is 19.8 Å². The van der Waals surface area contributed by atoms with Gasteiger partial charge in [-0.15, -0.1) is 0 Å². The highest BCUT2D eigenvalue weighted by atomic mass is 16.2. The van der Waals surface area contributed by atoms with Gasteiger partial charge in [0, 0.05) is 24.5 Å². The number of benzene rings is 1. The largest absolute Gasteiger partial charge is 0.337 e. The Labute approximate surface area is 143 Å². The molecule has 1 aromatic heterocycles. The number of aryl methyl sites for hydroxylation is 2. The summed E-state index contributed by atoms with van der Waals surface area (Å²) < 4.78 is 0. The Balaban J connectivity index is 1.80. The predicted octanol–water partition coefficient (Wildman–Crippen LogP) is 3.71. The molecule has 5 nitrogen and oxygen atoms in total. The molecule has 126 valence electrons. The van der Waals surface area contributed by atoms with Crippen LogP contribution >= 0.6 is 0 Å². The van der Waals surface area contributed by atoms with Crippen LogP contribution in [0.5, 0.6) is 0 Å². The van der Waals surface area contributed by atoms with Crippen molar-refractivity contribution in [1.82, 2.24) is 14.9 Å². The molecule has 0 saturated carbocycles. The highest BCUT2D eigenvalue weighted by Gasteiger charge is 2.23. The van der Waals surface area contributed by atoms with Crippen molar-refractivity contribution in [2.75, 3.05) is 18.4 Å². The second-order valence-electron chi connectivity index (χ2n) is 6.71. The lowest BCUT2D eigenvalue weighted by Gasteiger charge is -2.30. The maximum Gasteiger partial charge on any atom is 0.272 e. The summed E-state index contributed by atoms with van der Waals surface area (Å²) in [6.07, 6.45) is 2.25. The van der Waals surface area contributed by atoms with Gasteiger partial charge in [-0.05, 0) is 50.8 Å². The van der Waals surface area contributed by atoms with Gasteiger partial charge in [-0.3, -0.25) is 4.79 Å². The first-order valence-electron chi connectivity index (χ1n) is 8.50. The van der Waals surface area contributed by atoms with Gasteiger partial charge in [0.25, 0.3) is 5.91 Å². The Hall–Kier alpha value is -2.43. The molecule has 1 aliphatic rings. The molecule has 0 radical (unpaired) electrons. The lowest BCUT2D eigenvalue weighted by molar-refractivity contribution is 0.0677. The molecule has 1 fully saturated rings. The standard InChI is InChI=1S/C19H24N4O/c1-13-6-8-16(9-7-13)21-19-20-15(3)11-17(22-19)18(24)23-10-4-5-14(2)12-23/h6-9,11,14H,4-5,10,12H2,1-3H3,(H,20,21,22). The summed E-state index contributed by atoms with van der Waals surface area (Å²) in [6, 6.07) is 9.78. The van der Waals surface area contributed by atoms with E-state index in [0.29, 0.717) is 17.6 Å². The van der Waals surface area contributed by atoms with Crippen molar-refractivity contribution in [3.05, 3.63) is 47.3 Å². The molecule has 1 aromatic carbocycles. The average Bonchev–Trinajstić information content (AvgIpc) is 2.56. The molecule has 0 bridgehead atoms. The molecule has 0 spiro atoms. The van der Waals surface area contributed by atoms with Crippen LogP contribution in [0.1, 0.15) is 41.5 Å². The monoisotopic (exact) mass is 324 g/mol. The lowest BCUT2D eigenvalue weighted by Crippen LogP contribution is -2.39. The molecule has 2 aromatic rings. The predicted molar refractivity (Wildman–Crippen MR) is 95.5 cm³/mol. The van der Waals surface area contributed by atoms with Gasteiger partial charge in [-0.25, -0.2) is 9.97 Å². The molecule has 24 heavy (non-hydrogen) atoms. The summed E-state index contributed by atoms with van der Waals surface area (Å²) in [7, 11) is 0. The maximum absolute atomic E-state index is 12.8. The molecular weight excluding hydrogens is 300 g/mol. The first-order chi connectivity index (χ1) is 11.5. The summed E-state index contributed by atoms with van der Waals surface area (Å²) in [5.41, 5.74) is 3.36. The van der Waals surface area contributed by atoms with Gasteiger partial charge in [0.05, 0.1) is 0 Å². The van der Waals surface area contributed by atoms with Gasteiger partial charge in [0.1, 0.15) is 5.69 Å². The smallest absolute Gasteiger partial charge is 0.272 e. The molecule has 5 heteroatoms. The van der Waals surface area contributed by atoms with Crippen LogP contribution in [0.25, 0.3) is 0 Å². The third kappa shape index (κ3) is 3.91. The molecule has 1 saturated heterocycles. The van der Waals surface area contributed by atoms with Crippen molar-refractivity contribution in [3.8, 4) is 0 Å². The zero-order chi connectivity index (χ0) is 17.1. The van der Waals surface area contributed by atoms with Crippen molar-refractivity contribution in [1.29, 1.82) is 0 Å². The van der Waals surface area contributed by atoms with Gasteiger partial charge in [-0.2, -0.15) is 0 Å². The zero-order valence-electron chi connectivity index (χ0n) is 14.5. The number of nitrogens with zero attached hydrogens (tertiary/aromatic N) is 3. The molecule has 1 atom stereocenters. The number of nitrogens with one attached hydrogen (secondary N) is 1. The van der Waals surface area contributed by atoms with Crippen LogP contribution in [0.2, 0.25) is 0 Å². The summed E-state index contributed by atoms with van der Waals surface area (Å²) in [5.74, 6) is 1.02. The average molecular weight is 324 g/mol. The van der Waals surface area contributed by atoms with Crippen molar-refractivity contribution >= 4 is 17.5 Å². The second kappa shape index (κ2) is 6.99. The maximum atomic E-state index is 12.8. The van der Waals surface area contributed by atoms with Crippen LogP contribution in [0.4, 0.5) is 11.6 Å². The van der Waals surface area contributed by atoms with E-state index in [-0.39, 0.29) is 5.91 Å². The first-order valence-corrected chi connectivity index (χ1v) is 8.50. The van der Waals surface area contributed by atoms with Gasteiger partial charge in [-0.1, -0.05) is 24.6 Å². The third-order valence-electron chi connectivity index (χ3n) is 4.33. The summed E-state index contributed by atoms with van der Waals surface area (Å²) in [6.45, 7) is 7.74. The van der Waals surface area contributed by atoms with Crippen LogP contribution in [-0.4, -0.2) is 33.9 Å². The van der Waals surface area contributed by atoms with Crippen LogP contribution in [0.3, 0.4) is 0 Å². The number of hydrogen-bond acceptors (Lipinski definition) is 4. The Kier molecular flexibility index (Phi) is 4.79. The van der Waals surface area contributed by atoms with E-state index in [1.54, 1.807) is 6.07 Å². The molecule has 1 N–H and O–H groups in total. The quantitative estimate of drug-likeness (QED) is 0.935. The summed E-state index contributed by atoms with van der Waals surface area (Å²) in [4.78, 5) is 23.5. The highest BCUT2D eigenvalue weighted by molar-refractivity contribution is 5.92. The van der Waals surface area contributed by atoms with Gasteiger partial charge in [0.2, 0.25) is 5.95 Å². The normalized spacial score (nSPS) is 17.6. The van der Waals surface area contributed by atoms with E-state index in [1.807, 2.05) is 43.0 Å². The number of anilines is 2. The van der Waals surface area contributed by atoms with Crippen molar-refractivity contribution in [2.45, 2.75) is 33.6 Å². The Morgan fingerprint density at radius 2 is 1.96 bits per heavy atom. The van der Waals surface area contributed by atoms with Gasteiger partial charge < -0.3 is 10.2 Å². The number of amides is 1. The van der Waals surface area contributed by atoms with E-state index < -0.39 is 0 Å². The zero-order valence-corrected chi connectivity index (χ0v) is 14.5. The Morgan fingerprint density at radius 3 is 2.67 bits per heavy atom. The van der Waals surface area contributed by atoms with Crippen LogP contribution in [0.15, 0.2) is 30.3 Å². The van der Waals surface area contributed by atoms with Gasteiger partial charge in [0.15, 0.2) is 0 Å². The number of likely N-dealkylation sites (tertiary alicyclic amines) is 1. The van der Waals surface area contributed by atoms with Crippen molar-refractivity contribution in [2.24, 2.45) is 5.92 Å². The SMILES string of the molecule is Cc1ccc(Nc2nc(C)cc(C(=O)N3CCCC(C)C3)n2)cc1. The summed E-state index contributed by atoms with van der Waals surface area (Å²) >= 11 is 0. The fraction of sp³-hybridized carbons (Fsp3) is 0.421. The van der Waals surface area contributed by atoms with E-state index in [9.17, 15) is 4.79 Å². The number of hydrogen-bond donors (Lipinski definition) is 1. The fourth-order valence-electron chi connectivity index (χ4n) is 3.04. The minimum absolute atomic E-state index is 0.000920. The van der Waals surface area contributed by atoms with Crippen LogP contribution in [-0.2, 0) is 0 Å². The molecule has 1 unspecified atom stereocenters. The van der Waals surface area contributed by atoms with Crippen molar-refractivity contribution < 1.29 is 4.79 Å². The molecule has 1 aliphatic heterocycles. The van der Waals surface area contributed by atoms with E-state index >= 15 is 0 Å². The van der Waals surface area contributed by atoms with Crippen molar-refractivity contribution in [3.63, 3.8) is 0 Å². The summed E-state index contributed by atoms with van der Waals surface area (Å²) in [5, 5.41) is 3.19. The fourth-order valence-corrected chi connectivity index (χ4v) is 3.04. The van der Waals surface area contributed by atoms with E-state index in [4.69, 9.17) is 0 Å².